The van der Waals surface area contributed by atoms with Gasteiger partial charge in [-0.15, -0.1) is 0 Å². The van der Waals surface area contributed by atoms with Gasteiger partial charge < -0.3 is 14.5 Å². The standard InChI is InChI=1S/C22H24N2O5S/c1-13(18-11-19-14(2)15(3)29-21(19)12-20(18)28-4)9-22(25)23-16-7-6-8-17(10-16)24-30(5,26)27/h6-12,24H,1-5H3,(H,23,25). The molecule has 0 saturated carbocycles. The first kappa shape index (κ1) is 21.4. The number of anilines is 2. The van der Waals surface area contributed by atoms with E-state index in [-0.39, 0.29) is 5.91 Å². The third-order valence-electron chi connectivity index (χ3n) is 4.70. The van der Waals surface area contributed by atoms with Crippen LogP contribution in [0.4, 0.5) is 11.4 Å². The van der Waals surface area contributed by atoms with Crippen molar-refractivity contribution < 1.29 is 22.4 Å². The van der Waals surface area contributed by atoms with Gasteiger partial charge in [-0.25, -0.2) is 8.42 Å². The molecule has 1 amide bonds. The van der Waals surface area contributed by atoms with Gasteiger partial charge in [0.2, 0.25) is 15.9 Å². The molecule has 8 heteroatoms. The summed E-state index contributed by atoms with van der Waals surface area (Å²) < 4.78 is 36.4. The second kappa shape index (κ2) is 8.23. The molecular formula is C22H24N2O5S. The average molecular weight is 429 g/mol. The number of hydrogen-bond acceptors (Lipinski definition) is 5. The van der Waals surface area contributed by atoms with E-state index in [1.54, 1.807) is 31.4 Å². The molecular weight excluding hydrogens is 404 g/mol. The van der Waals surface area contributed by atoms with Gasteiger partial charge in [0, 0.05) is 28.8 Å². The van der Waals surface area contributed by atoms with Gasteiger partial charge in [0.25, 0.3) is 0 Å². The number of sulfonamides is 1. The number of fused-ring (bicyclic) bond motifs is 1. The van der Waals surface area contributed by atoms with Gasteiger partial charge in [0.1, 0.15) is 17.1 Å². The van der Waals surface area contributed by atoms with Crippen LogP contribution < -0.4 is 14.8 Å². The van der Waals surface area contributed by atoms with E-state index in [1.807, 2.05) is 32.9 Å². The number of ether oxygens (including phenoxy) is 1. The van der Waals surface area contributed by atoms with Crippen molar-refractivity contribution in [2.24, 2.45) is 0 Å². The molecule has 3 aromatic rings. The van der Waals surface area contributed by atoms with Gasteiger partial charge in [-0.3, -0.25) is 9.52 Å². The summed E-state index contributed by atoms with van der Waals surface area (Å²) in [6, 6.07) is 10.3. The zero-order chi connectivity index (χ0) is 22.1. The van der Waals surface area contributed by atoms with Gasteiger partial charge in [0.05, 0.1) is 19.1 Å². The molecule has 1 heterocycles. The third-order valence-corrected chi connectivity index (χ3v) is 5.31. The maximum Gasteiger partial charge on any atom is 0.248 e. The van der Waals surface area contributed by atoms with Crippen LogP contribution in [0.15, 0.2) is 46.9 Å². The van der Waals surface area contributed by atoms with Gasteiger partial charge in [-0.2, -0.15) is 0 Å². The number of carbonyl (C=O) groups excluding carboxylic acids is 1. The number of carbonyl (C=O) groups is 1. The number of furan rings is 1. The van der Waals surface area contributed by atoms with Crippen LogP contribution in [0.3, 0.4) is 0 Å². The Kier molecular flexibility index (Phi) is 5.89. The maximum atomic E-state index is 12.5. The van der Waals surface area contributed by atoms with Gasteiger partial charge >= 0.3 is 0 Å². The lowest BCUT2D eigenvalue weighted by Crippen LogP contribution is -2.11. The third kappa shape index (κ3) is 4.83. The van der Waals surface area contributed by atoms with E-state index in [9.17, 15) is 13.2 Å². The van der Waals surface area contributed by atoms with Crippen LogP contribution in [0.5, 0.6) is 5.75 Å². The van der Waals surface area contributed by atoms with Crippen molar-refractivity contribution in [3.8, 4) is 5.75 Å². The van der Waals surface area contributed by atoms with E-state index in [2.05, 4.69) is 10.0 Å². The van der Waals surface area contributed by atoms with Crippen LogP contribution in [0.2, 0.25) is 0 Å². The summed E-state index contributed by atoms with van der Waals surface area (Å²) in [5, 5.41) is 3.72. The van der Waals surface area contributed by atoms with Crippen LogP contribution in [0, 0.1) is 13.8 Å². The largest absolute Gasteiger partial charge is 0.496 e. The van der Waals surface area contributed by atoms with Crippen LogP contribution in [0.1, 0.15) is 23.8 Å². The molecule has 0 aliphatic rings. The molecule has 7 nitrogen and oxygen atoms in total. The number of amides is 1. The zero-order valence-corrected chi connectivity index (χ0v) is 18.3. The molecule has 30 heavy (non-hydrogen) atoms. The molecule has 0 bridgehead atoms. The average Bonchev–Trinajstić information content (AvgIpc) is 2.92. The Hall–Kier alpha value is -3.26. The number of hydrogen-bond donors (Lipinski definition) is 2. The minimum Gasteiger partial charge on any atom is -0.496 e. The lowest BCUT2D eigenvalue weighted by Gasteiger charge is -2.10. The molecule has 1 aromatic heterocycles. The van der Waals surface area contributed by atoms with Crippen molar-refractivity contribution in [2.75, 3.05) is 23.4 Å². The fourth-order valence-corrected chi connectivity index (χ4v) is 3.73. The van der Waals surface area contributed by atoms with Crippen molar-refractivity contribution in [3.63, 3.8) is 0 Å². The lowest BCUT2D eigenvalue weighted by atomic mass is 10.0. The monoisotopic (exact) mass is 428 g/mol. The predicted octanol–water partition coefficient (Wildman–Crippen LogP) is 4.47. The normalized spacial score (nSPS) is 12.1. The number of aryl methyl sites for hydroxylation is 2. The van der Waals surface area contributed by atoms with Crippen molar-refractivity contribution >= 4 is 43.8 Å². The molecule has 3 rings (SSSR count). The van der Waals surface area contributed by atoms with Crippen molar-refractivity contribution in [2.45, 2.75) is 20.8 Å². The Balaban J connectivity index is 1.87. The molecule has 0 radical (unpaired) electrons. The summed E-state index contributed by atoms with van der Waals surface area (Å²) in [6.45, 7) is 5.72. The second-order valence-electron chi connectivity index (χ2n) is 7.10. The highest BCUT2D eigenvalue weighted by atomic mass is 32.2. The van der Waals surface area contributed by atoms with E-state index in [0.29, 0.717) is 17.1 Å². The summed E-state index contributed by atoms with van der Waals surface area (Å²) in [6.07, 6.45) is 2.54. The highest BCUT2D eigenvalue weighted by Gasteiger charge is 2.14. The van der Waals surface area contributed by atoms with Crippen LogP contribution in [0.25, 0.3) is 16.5 Å². The first-order valence-corrected chi connectivity index (χ1v) is 11.1. The number of benzene rings is 2. The molecule has 0 spiro atoms. The Morgan fingerprint density at radius 1 is 1.13 bits per heavy atom. The summed E-state index contributed by atoms with van der Waals surface area (Å²) in [5.74, 6) is 1.11. The Morgan fingerprint density at radius 3 is 2.50 bits per heavy atom. The molecule has 0 fully saturated rings. The molecule has 0 atom stereocenters. The summed E-state index contributed by atoms with van der Waals surface area (Å²) in [7, 11) is -1.83. The first-order valence-electron chi connectivity index (χ1n) is 9.22. The molecule has 0 unspecified atom stereocenters. The lowest BCUT2D eigenvalue weighted by molar-refractivity contribution is -0.111. The molecule has 0 aliphatic heterocycles. The van der Waals surface area contributed by atoms with Gasteiger partial charge in [0.15, 0.2) is 0 Å². The minimum atomic E-state index is -3.40. The first-order chi connectivity index (χ1) is 14.1. The number of nitrogens with one attached hydrogen (secondary N) is 2. The van der Waals surface area contributed by atoms with Crippen molar-refractivity contribution in [1.29, 1.82) is 0 Å². The van der Waals surface area contributed by atoms with E-state index < -0.39 is 10.0 Å². The SMILES string of the molecule is COc1cc2oc(C)c(C)c2cc1C(C)=CC(=O)Nc1cccc(NS(C)(=O)=O)c1. The Labute approximate surface area is 175 Å². The zero-order valence-electron chi connectivity index (χ0n) is 17.5. The fraction of sp³-hybridized carbons (Fsp3) is 0.227. The highest BCUT2D eigenvalue weighted by Crippen LogP contribution is 2.34. The summed E-state index contributed by atoms with van der Waals surface area (Å²) in [5.41, 5.74) is 4.13. The van der Waals surface area contributed by atoms with Crippen molar-refractivity contribution in [3.05, 3.63) is 59.4 Å². The summed E-state index contributed by atoms with van der Waals surface area (Å²) >= 11 is 0. The van der Waals surface area contributed by atoms with Crippen LogP contribution in [-0.2, 0) is 14.8 Å². The van der Waals surface area contributed by atoms with E-state index in [4.69, 9.17) is 9.15 Å². The minimum absolute atomic E-state index is 0.341. The smallest absolute Gasteiger partial charge is 0.248 e. The second-order valence-corrected chi connectivity index (χ2v) is 8.85. The Bertz CT molecular complexity index is 1260. The predicted molar refractivity (Wildman–Crippen MR) is 119 cm³/mol. The maximum absolute atomic E-state index is 12.5. The molecule has 158 valence electrons. The molecule has 0 saturated heterocycles. The number of methoxy groups -OCH3 is 1. The number of rotatable bonds is 6. The van der Waals surface area contributed by atoms with Crippen molar-refractivity contribution in [1.82, 2.24) is 0 Å². The summed E-state index contributed by atoms with van der Waals surface area (Å²) in [4.78, 5) is 12.5. The topological polar surface area (TPSA) is 97.6 Å². The van der Waals surface area contributed by atoms with E-state index in [1.165, 1.54) is 6.08 Å². The highest BCUT2D eigenvalue weighted by molar-refractivity contribution is 7.92. The van der Waals surface area contributed by atoms with Crippen LogP contribution >= 0.6 is 0 Å². The van der Waals surface area contributed by atoms with E-state index >= 15 is 0 Å². The van der Waals surface area contributed by atoms with E-state index in [0.717, 1.165) is 39.7 Å². The molecule has 2 aromatic carbocycles. The fourth-order valence-electron chi connectivity index (χ4n) is 3.17. The Morgan fingerprint density at radius 2 is 1.83 bits per heavy atom. The quantitative estimate of drug-likeness (QED) is 0.565. The van der Waals surface area contributed by atoms with Gasteiger partial charge in [-0.05, 0) is 56.2 Å². The van der Waals surface area contributed by atoms with Crippen LogP contribution in [-0.4, -0.2) is 27.7 Å². The van der Waals surface area contributed by atoms with Gasteiger partial charge in [-0.1, -0.05) is 6.07 Å². The molecule has 0 aliphatic carbocycles. The molecule has 2 N–H and O–H groups in total. The number of allylic oxidation sites excluding steroid dienone is 1.